The van der Waals surface area contributed by atoms with E-state index in [-0.39, 0.29) is 11.7 Å². The van der Waals surface area contributed by atoms with Crippen LogP contribution in [0.15, 0.2) is 54.6 Å². The van der Waals surface area contributed by atoms with Crippen molar-refractivity contribution in [2.24, 2.45) is 11.7 Å². The highest BCUT2D eigenvalue weighted by molar-refractivity contribution is 5.98. The topological polar surface area (TPSA) is 61.5 Å². The highest BCUT2D eigenvalue weighted by Gasteiger charge is 2.29. The summed E-state index contributed by atoms with van der Waals surface area (Å²) in [7, 11) is 0. The molecule has 22 heavy (non-hydrogen) atoms. The number of hydrogen-bond donors (Lipinski definition) is 1. The van der Waals surface area contributed by atoms with E-state index in [0.717, 1.165) is 11.1 Å². The van der Waals surface area contributed by atoms with Gasteiger partial charge in [0, 0.05) is 17.7 Å². The minimum Gasteiger partial charge on any atom is -0.348 e. The summed E-state index contributed by atoms with van der Waals surface area (Å²) in [4.78, 5) is 12.4. The number of hydrogen-bond acceptors (Lipinski definition) is 4. The molecular weight excluding hydrogens is 278 g/mol. The second kappa shape index (κ2) is 6.83. The molecule has 0 aliphatic carbocycles. The maximum absolute atomic E-state index is 12.4. The number of benzene rings is 2. The first-order valence-corrected chi connectivity index (χ1v) is 7.40. The van der Waals surface area contributed by atoms with Crippen molar-refractivity contribution in [3.05, 3.63) is 71.3 Å². The summed E-state index contributed by atoms with van der Waals surface area (Å²) in [5, 5.41) is 0. The molecule has 2 N–H and O–H groups in total. The molecule has 1 aliphatic rings. The fraction of sp³-hybridized carbons (Fsp3) is 0.278. The third kappa shape index (κ3) is 3.09. The summed E-state index contributed by atoms with van der Waals surface area (Å²) >= 11 is 0. The Labute approximate surface area is 129 Å². The first kappa shape index (κ1) is 14.9. The molecule has 4 heteroatoms. The van der Waals surface area contributed by atoms with Gasteiger partial charge in [0.05, 0.1) is 19.1 Å². The average molecular weight is 297 g/mol. The molecule has 0 spiro atoms. The molecule has 114 valence electrons. The largest absolute Gasteiger partial charge is 0.348 e. The van der Waals surface area contributed by atoms with Gasteiger partial charge < -0.3 is 15.2 Å². The molecule has 4 nitrogen and oxygen atoms in total. The molecular formula is C18H19NO3. The Balaban J connectivity index is 1.67. The Kier molecular flexibility index (Phi) is 4.63. The molecule has 2 aromatic carbocycles. The van der Waals surface area contributed by atoms with E-state index >= 15 is 0 Å². The van der Waals surface area contributed by atoms with Gasteiger partial charge in [-0.2, -0.15) is 0 Å². The summed E-state index contributed by atoms with van der Waals surface area (Å²) in [5.74, 6) is -0.199. The zero-order chi connectivity index (χ0) is 15.4. The molecule has 0 aromatic heterocycles. The smallest absolute Gasteiger partial charge is 0.184 e. The fourth-order valence-electron chi connectivity index (χ4n) is 2.62. The van der Waals surface area contributed by atoms with Crippen LogP contribution in [0.5, 0.6) is 0 Å². The van der Waals surface area contributed by atoms with Crippen molar-refractivity contribution in [2.45, 2.75) is 12.8 Å². The number of nitrogens with two attached hydrogens (primary N) is 1. The predicted molar refractivity (Wildman–Crippen MR) is 83.2 cm³/mol. The molecule has 1 saturated heterocycles. The Morgan fingerprint density at radius 3 is 2.32 bits per heavy atom. The molecule has 1 aliphatic heterocycles. The Hall–Kier alpha value is -2.01. The second-order valence-corrected chi connectivity index (χ2v) is 5.33. The molecule has 0 amide bonds. The van der Waals surface area contributed by atoms with Gasteiger partial charge in [-0.05, 0) is 5.56 Å². The van der Waals surface area contributed by atoms with Crippen LogP contribution in [0.3, 0.4) is 0 Å². The normalized spacial score (nSPS) is 21.5. The lowest BCUT2D eigenvalue weighted by Crippen LogP contribution is -2.33. The maximum Gasteiger partial charge on any atom is 0.184 e. The third-order valence-electron chi connectivity index (χ3n) is 3.86. The van der Waals surface area contributed by atoms with Crippen molar-refractivity contribution >= 4 is 5.78 Å². The van der Waals surface area contributed by atoms with Gasteiger partial charge in [0.1, 0.15) is 0 Å². The van der Waals surface area contributed by atoms with Gasteiger partial charge in [0.2, 0.25) is 0 Å². The van der Waals surface area contributed by atoms with Crippen LogP contribution >= 0.6 is 0 Å². The van der Waals surface area contributed by atoms with Crippen LogP contribution in [0.1, 0.15) is 27.8 Å². The number of carbonyl (C=O) groups excluding carboxylic acids is 1. The molecule has 0 saturated carbocycles. The van der Waals surface area contributed by atoms with Gasteiger partial charge in [-0.3, -0.25) is 4.79 Å². The van der Waals surface area contributed by atoms with Gasteiger partial charge in [0.15, 0.2) is 12.1 Å². The number of carbonyl (C=O) groups is 1. The summed E-state index contributed by atoms with van der Waals surface area (Å²) in [6.07, 6.45) is -0.445. The number of ketones is 1. The first-order valence-electron chi connectivity index (χ1n) is 7.40. The molecule has 0 atom stereocenters. The van der Waals surface area contributed by atoms with Crippen LogP contribution in [0.4, 0.5) is 0 Å². The SMILES string of the molecule is NCc1ccccc1C1OCC(C(=O)c2ccccc2)CO1. The van der Waals surface area contributed by atoms with Crippen LogP contribution in [-0.2, 0) is 16.0 Å². The number of ether oxygens (including phenoxy) is 2. The van der Waals surface area contributed by atoms with Crippen LogP contribution in [0.2, 0.25) is 0 Å². The highest BCUT2D eigenvalue weighted by atomic mass is 16.7. The van der Waals surface area contributed by atoms with Crippen LogP contribution in [0.25, 0.3) is 0 Å². The number of Topliss-reactive ketones (excluding diaryl/α,β-unsaturated/α-hetero) is 1. The van der Waals surface area contributed by atoms with E-state index in [1.807, 2.05) is 54.6 Å². The molecule has 3 rings (SSSR count). The van der Waals surface area contributed by atoms with Gasteiger partial charge in [-0.1, -0.05) is 54.6 Å². The van der Waals surface area contributed by atoms with Crippen molar-refractivity contribution in [1.82, 2.24) is 0 Å². The van der Waals surface area contributed by atoms with Gasteiger partial charge in [0.25, 0.3) is 0 Å². The van der Waals surface area contributed by atoms with E-state index in [4.69, 9.17) is 15.2 Å². The third-order valence-corrected chi connectivity index (χ3v) is 3.86. The van der Waals surface area contributed by atoms with Crippen LogP contribution in [-0.4, -0.2) is 19.0 Å². The first-order chi connectivity index (χ1) is 10.8. The van der Waals surface area contributed by atoms with E-state index < -0.39 is 6.29 Å². The van der Waals surface area contributed by atoms with E-state index in [1.165, 1.54) is 0 Å². The molecule has 0 radical (unpaired) electrons. The summed E-state index contributed by atoms with van der Waals surface area (Å²) in [5.41, 5.74) is 8.38. The highest BCUT2D eigenvalue weighted by Crippen LogP contribution is 2.28. The van der Waals surface area contributed by atoms with Gasteiger partial charge in [-0.25, -0.2) is 0 Å². The summed E-state index contributed by atoms with van der Waals surface area (Å²) in [6, 6.07) is 17.0. The number of rotatable bonds is 4. The molecule has 2 aromatic rings. The Bertz CT molecular complexity index is 634. The van der Waals surface area contributed by atoms with Crippen molar-refractivity contribution in [2.75, 3.05) is 13.2 Å². The quantitative estimate of drug-likeness (QED) is 0.881. The van der Waals surface area contributed by atoms with Crippen molar-refractivity contribution in [1.29, 1.82) is 0 Å². The van der Waals surface area contributed by atoms with Gasteiger partial charge >= 0.3 is 0 Å². The molecule has 0 unspecified atom stereocenters. The zero-order valence-corrected chi connectivity index (χ0v) is 12.3. The second-order valence-electron chi connectivity index (χ2n) is 5.33. The van der Waals surface area contributed by atoms with E-state index in [9.17, 15) is 4.79 Å². The van der Waals surface area contributed by atoms with Crippen molar-refractivity contribution < 1.29 is 14.3 Å². The molecule has 0 bridgehead atoms. The van der Waals surface area contributed by atoms with E-state index in [0.29, 0.717) is 25.3 Å². The maximum atomic E-state index is 12.4. The minimum atomic E-state index is -0.445. The van der Waals surface area contributed by atoms with Gasteiger partial charge in [-0.15, -0.1) is 0 Å². The zero-order valence-electron chi connectivity index (χ0n) is 12.3. The van der Waals surface area contributed by atoms with E-state index in [1.54, 1.807) is 0 Å². The van der Waals surface area contributed by atoms with Crippen molar-refractivity contribution in [3.63, 3.8) is 0 Å². The Morgan fingerprint density at radius 2 is 1.64 bits per heavy atom. The molecule has 1 heterocycles. The fourth-order valence-corrected chi connectivity index (χ4v) is 2.62. The summed E-state index contributed by atoms with van der Waals surface area (Å²) in [6.45, 7) is 1.15. The van der Waals surface area contributed by atoms with E-state index in [2.05, 4.69) is 0 Å². The predicted octanol–water partition coefficient (Wildman–Crippen LogP) is 2.69. The Morgan fingerprint density at radius 1 is 1.00 bits per heavy atom. The van der Waals surface area contributed by atoms with Crippen LogP contribution < -0.4 is 5.73 Å². The summed E-state index contributed by atoms with van der Waals surface area (Å²) < 4.78 is 11.5. The lowest BCUT2D eigenvalue weighted by atomic mass is 9.98. The van der Waals surface area contributed by atoms with Crippen molar-refractivity contribution in [3.8, 4) is 0 Å². The lowest BCUT2D eigenvalue weighted by molar-refractivity contribution is -0.197. The average Bonchev–Trinajstić information content (AvgIpc) is 2.62. The standard InChI is InChI=1S/C18H19NO3/c19-10-14-8-4-5-9-16(14)18-21-11-15(12-22-18)17(20)13-6-2-1-3-7-13/h1-9,15,18H,10-12,19H2. The molecule has 1 fully saturated rings. The minimum absolute atomic E-state index is 0.0613. The lowest BCUT2D eigenvalue weighted by Gasteiger charge is -2.30. The van der Waals surface area contributed by atoms with Crippen LogP contribution in [0, 0.1) is 5.92 Å². The monoisotopic (exact) mass is 297 g/mol.